The van der Waals surface area contributed by atoms with Crippen LogP contribution in [0.3, 0.4) is 0 Å². The Balaban J connectivity index is 2.05. The molecule has 3 aromatic rings. The van der Waals surface area contributed by atoms with Crippen molar-refractivity contribution < 1.29 is 22.7 Å². The summed E-state index contributed by atoms with van der Waals surface area (Å²) in [6.07, 6.45) is 2.10. The maximum atomic E-state index is 14.2. The summed E-state index contributed by atoms with van der Waals surface area (Å²) in [6, 6.07) is 19.2. The molecule has 0 saturated carbocycles. The Morgan fingerprint density at radius 1 is 0.952 bits per heavy atom. The highest BCUT2D eigenvalue weighted by Crippen LogP contribution is 2.27. The van der Waals surface area contributed by atoms with Crippen LogP contribution in [0.5, 0.6) is 5.75 Å². The number of anilines is 1. The van der Waals surface area contributed by atoms with Crippen LogP contribution in [0.15, 0.2) is 77.7 Å². The smallest absolute Gasteiger partial charge is 0.264 e. The summed E-state index contributed by atoms with van der Waals surface area (Å²) < 4.78 is 34.6. The van der Waals surface area contributed by atoms with E-state index in [0.717, 1.165) is 28.3 Å². The van der Waals surface area contributed by atoms with Crippen LogP contribution in [-0.4, -0.2) is 50.9 Å². The lowest BCUT2D eigenvalue weighted by atomic mass is 10.1. The molecule has 0 saturated heterocycles. The second-order valence-corrected chi connectivity index (χ2v) is 12.2. The summed E-state index contributed by atoms with van der Waals surface area (Å²) in [4.78, 5) is 29.0. The molecule has 42 heavy (non-hydrogen) atoms. The molecule has 0 fully saturated rings. The molecule has 0 aliphatic heterocycles. The van der Waals surface area contributed by atoms with E-state index in [1.54, 1.807) is 24.3 Å². The Kier molecular flexibility index (Phi) is 12.2. The van der Waals surface area contributed by atoms with Gasteiger partial charge in [0.15, 0.2) is 0 Å². The number of halogens is 1. The van der Waals surface area contributed by atoms with Gasteiger partial charge in [-0.3, -0.25) is 13.9 Å². The molecule has 0 radical (unpaired) electrons. The average molecular weight is 614 g/mol. The van der Waals surface area contributed by atoms with E-state index < -0.39 is 28.5 Å². The highest BCUT2D eigenvalue weighted by molar-refractivity contribution is 7.92. The largest absolute Gasteiger partial charge is 0.494 e. The number of carbonyl (C=O) groups is 2. The predicted molar refractivity (Wildman–Crippen MR) is 167 cm³/mol. The van der Waals surface area contributed by atoms with Gasteiger partial charge in [0.1, 0.15) is 18.3 Å². The predicted octanol–water partition coefficient (Wildman–Crippen LogP) is 5.97. The van der Waals surface area contributed by atoms with E-state index in [2.05, 4.69) is 5.32 Å². The van der Waals surface area contributed by atoms with E-state index in [1.807, 2.05) is 52.0 Å². The molecular formula is C32H40ClN3O5S. The van der Waals surface area contributed by atoms with Gasteiger partial charge in [-0.2, -0.15) is 0 Å². The van der Waals surface area contributed by atoms with Crippen molar-refractivity contribution in [3.63, 3.8) is 0 Å². The van der Waals surface area contributed by atoms with E-state index in [9.17, 15) is 18.0 Å². The third-order valence-corrected chi connectivity index (χ3v) is 8.97. The lowest BCUT2D eigenvalue weighted by Crippen LogP contribution is -2.52. The Morgan fingerprint density at radius 3 is 2.21 bits per heavy atom. The third-order valence-electron chi connectivity index (χ3n) is 6.93. The highest BCUT2D eigenvalue weighted by Gasteiger charge is 2.33. The maximum Gasteiger partial charge on any atom is 0.264 e. The van der Waals surface area contributed by atoms with Crippen molar-refractivity contribution in [1.82, 2.24) is 10.2 Å². The van der Waals surface area contributed by atoms with Crippen LogP contribution in [0.2, 0.25) is 5.02 Å². The molecule has 0 aromatic heterocycles. The molecule has 226 valence electrons. The first-order valence-corrected chi connectivity index (χ1v) is 16.1. The molecule has 2 amide bonds. The normalized spacial score (nSPS) is 11.9. The second kappa shape index (κ2) is 15.6. The number of ether oxygens (including phenoxy) is 1. The number of hydrogen-bond acceptors (Lipinski definition) is 5. The minimum atomic E-state index is -4.19. The van der Waals surface area contributed by atoms with Crippen molar-refractivity contribution in [3.8, 4) is 5.75 Å². The lowest BCUT2D eigenvalue weighted by molar-refractivity contribution is -0.140. The van der Waals surface area contributed by atoms with Crippen molar-refractivity contribution >= 4 is 39.1 Å². The molecule has 0 unspecified atom stereocenters. The SMILES string of the molecule is CCCCNC(=O)[C@H](CC)N(Cc1ccccc1C)C(=O)CN(c1ccc(OCC)cc1)S(=O)(=O)c1ccc(Cl)cc1. The van der Waals surface area contributed by atoms with Gasteiger partial charge in [-0.05, 0) is 86.3 Å². The fourth-order valence-corrected chi connectivity index (χ4v) is 6.07. The number of nitrogens with zero attached hydrogens (tertiary/aromatic N) is 2. The van der Waals surface area contributed by atoms with Crippen molar-refractivity contribution in [2.75, 3.05) is 24.0 Å². The summed E-state index contributed by atoms with van der Waals surface area (Å²) in [5.74, 6) is -0.185. The molecule has 0 aliphatic rings. The van der Waals surface area contributed by atoms with Crippen LogP contribution in [0.4, 0.5) is 5.69 Å². The van der Waals surface area contributed by atoms with Crippen LogP contribution >= 0.6 is 11.6 Å². The number of sulfonamides is 1. The van der Waals surface area contributed by atoms with Crippen LogP contribution in [0, 0.1) is 6.92 Å². The van der Waals surface area contributed by atoms with Crippen LogP contribution < -0.4 is 14.4 Å². The molecule has 0 aliphatic carbocycles. The number of carbonyl (C=O) groups excluding carboxylic acids is 2. The molecule has 1 N–H and O–H groups in total. The van der Waals surface area contributed by atoms with Crippen LogP contribution in [-0.2, 0) is 26.2 Å². The molecule has 10 heteroatoms. The topological polar surface area (TPSA) is 96.0 Å². The first-order chi connectivity index (χ1) is 20.1. The van der Waals surface area contributed by atoms with E-state index in [-0.39, 0.29) is 23.0 Å². The summed E-state index contributed by atoms with van der Waals surface area (Å²) in [5.41, 5.74) is 2.13. The third kappa shape index (κ3) is 8.49. The van der Waals surface area contributed by atoms with E-state index in [4.69, 9.17) is 16.3 Å². The first-order valence-electron chi connectivity index (χ1n) is 14.2. The zero-order valence-electron chi connectivity index (χ0n) is 24.7. The molecule has 0 heterocycles. The molecule has 1 atom stereocenters. The van der Waals surface area contributed by atoms with Gasteiger partial charge >= 0.3 is 0 Å². The number of rotatable bonds is 15. The molecule has 8 nitrogen and oxygen atoms in total. The monoisotopic (exact) mass is 613 g/mol. The molecule has 0 bridgehead atoms. The maximum absolute atomic E-state index is 14.2. The minimum absolute atomic E-state index is 0.0108. The zero-order chi connectivity index (χ0) is 30.7. The Morgan fingerprint density at radius 2 is 1.62 bits per heavy atom. The van der Waals surface area contributed by atoms with Gasteiger partial charge in [0.2, 0.25) is 11.8 Å². The number of unbranched alkanes of at least 4 members (excludes halogenated alkanes) is 1. The summed E-state index contributed by atoms with van der Waals surface area (Å²) in [5, 5.41) is 3.33. The highest BCUT2D eigenvalue weighted by atomic mass is 35.5. The van der Waals surface area contributed by atoms with E-state index >= 15 is 0 Å². The number of aryl methyl sites for hydroxylation is 1. The van der Waals surface area contributed by atoms with Gasteiger partial charge in [-0.1, -0.05) is 56.1 Å². The van der Waals surface area contributed by atoms with E-state index in [0.29, 0.717) is 30.3 Å². The fraction of sp³-hybridized carbons (Fsp3) is 0.375. The quantitative estimate of drug-likeness (QED) is 0.213. The Labute approximate surface area is 254 Å². The molecule has 0 spiro atoms. The minimum Gasteiger partial charge on any atom is -0.494 e. The van der Waals surface area contributed by atoms with Gasteiger partial charge in [0, 0.05) is 18.1 Å². The van der Waals surface area contributed by atoms with Gasteiger partial charge in [0.05, 0.1) is 17.2 Å². The molecule has 3 rings (SSSR count). The van der Waals surface area contributed by atoms with Crippen molar-refractivity contribution in [1.29, 1.82) is 0 Å². The van der Waals surface area contributed by atoms with Gasteiger partial charge < -0.3 is 15.0 Å². The van der Waals surface area contributed by atoms with Gasteiger partial charge in [-0.15, -0.1) is 0 Å². The molecular weight excluding hydrogens is 574 g/mol. The first kappa shape index (κ1) is 32.9. The summed E-state index contributed by atoms with van der Waals surface area (Å²) in [6.45, 7) is 8.28. The summed E-state index contributed by atoms with van der Waals surface area (Å²) in [7, 11) is -4.19. The van der Waals surface area contributed by atoms with Crippen molar-refractivity contribution in [3.05, 3.63) is 88.9 Å². The van der Waals surface area contributed by atoms with Crippen molar-refractivity contribution in [2.24, 2.45) is 0 Å². The second-order valence-electron chi connectivity index (χ2n) is 9.91. The number of benzene rings is 3. The lowest BCUT2D eigenvalue weighted by Gasteiger charge is -2.33. The standard InChI is InChI=1S/C32H40ClN3O5S/c1-5-8-21-34-32(38)30(6-2)35(22-25-12-10-9-11-24(25)4)31(37)23-36(27-15-17-28(18-16-27)41-7-3)42(39,40)29-19-13-26(33)14-20-29/h9-20,30H,5-8,21-23H2,1-4H3,(H,34,38)/t30-/m0/s1. The number of amides is 2. The molecule has 3 aromatic carbocycles. The van der Waals surface area contributed by atoms with E-state index in [1.165, 1.54) is 29.2 Å². The number of hydrogen-bond donors (Lipinski definition) is 1. The van der Waals surface area contributed by atoms with Gasteiger partial charge in [0.25, 0.3) is 10.0 Å². The van der Waals surface area contributed by atoms with Crippen LogP contribution in [0.25, 0.3) is 0 Å². The van der Waals surface area contributed by atoms with Gasteiger partial charge in [-0.25, -0.2) is 8.42 Å². The average Bonchev–Trinajstić information content (AvgIpc) is 2.97. The zero-order valence-corrected chi connectivity index (χ0v) is 26.2. The van der Waals surface area contributed by atoms with Crippen LogP contribution in [0.1, 0.15) is 51.2 Å². The number of nitrogens with one attached hydrogen (secondary N) is 1. The van der Waals surface area contributed by atoms with Crippen molar-refractivity contribution in [2.45, 2.75) is 64.4 Å². The Bertz CT molecular complexity index is 1430. The summed E-state index contributed by atoms with van der Waals surface area (Å²) >= 11 is 6.03. The fourth-order valence-electron chi connectivity index (χ4n) is 4.53. The Hall–Kier alpha value is -3.56.